The minimum atomic E-state index is -2.74. The van der Waals surface area contributed by atoms with Gasteiger partial charge in [-0.25, -0.2) is 18.7 Å². The normalized spacial score (nSPS) is 17.8. The Morgan fingerprint density at radius 3 is 2.31 bits per heavy atom. The summed E-state index contributed by atoms with van der Waals surface area (Å²) in [5, 5.41) is 0. The van der Waals surface area contributed by atoms with Gasteiger partial charge in [-0.05, 0) is 24.5 Å². The number of methoxy groups -OCH3 is 1. The lowest BCUT2D eigenvalue weighted by Crippen LogP contribution is -2.42. The molecule has 1 aliphatic carbocycles. The molecule has 1 aromatic carbocycles. The number of alkyl halides is 2. The van der Waals surface area contributed by atoms with Crippen molar-refractivity contribution in [1.82, 2.24) is 19.9 Å². The lowest BCUT2D eigenvalue weighted by atomic mass is 10.1. The molecule has 2 aromatic heterocycles. The maximum atomic E-state index is 12.5. The average molecular weight is 520 g/mol. The highest BCUT2D eigenvalue weighted by Crippen LogP contribution is 2.49. The number of hydrogen-bond acceptors (Lipinski definition) is 8. The van der Waals surface area contributed by atoms with Crippen LogP contribution in [0.15, 0.2) is 42.7 Å². The van der Waals surface area contributed by atoms with E-state index < -0.39 is 17.7 Å². The molecule has 2 fully saturated rings. The maximum absolute atomic E-state index is 12.5. The Morgan fingerprint density at radius 1 is 1.14 bits per heavy atom. The van der Waals surface area contributed by atoms with Crippen LogP contribution in [-0.2, 0) is 9.53 Å². The van der Waals surface area contributed by atoms with E-state index in [4.69, 9.17) is 9.47 Å². The summed E-state index contributed by atoms with van der Waals surface area (Å²) in [7, 11) is 5.62. The van der Waals surface area contributed by atoms with Gasteiger partial charge in [0.05, 0.1) is 31.5 Å². The van der Waals surface area contributed by atoms with Gasteiger partial charge in [0.2, 0.25) is 11.8 Å². The summed E-state index contributed by atoms with van der Waals surface area (Å²) in [5.74, 6) is -3.71. The van der Waals surface area contributed by atoms with E-state index in [1.165, 1.54) is 4.90 Å². The Hall–Kier alpha value is -3.05. The number of aromatic nitrogens is 3. The Bertz CT molecular complexity index is 1160. The van der Waals surface area contributed by atoms with Gasteiger partial charge in [0.25, 0.3) is 5.92 Å². The van der Waals surface area contributed by atoms with Crippen LogP contribution < -0.4 is 9.64 Å². The van der Waals surface area contributed by atoms with E-state index in [1.807, 2.05) is 32.3 Å². The molecular weight excluding hydrogens is 488 g/mol. The van der Waals surface area contributed by atoms with Gasteiger partial charge in [0.15, 0.2) is 5.52 Å². The molecule has 0 N–H and O–H groups in total. The van der Waals surface area contributed by atoms with Gasteiger partial charge in [0.1, 0.15) is 5.92 Å². The second-order valence-electron chi connectivity index (χ2n) is 8.34. The molecule has 1 atom stereocenters. The zero-order chi connectivity index (χ0) is 26.3. The summed E-state index contributed by atoms with van der Waals surface area (Å²) in [6, 6.07) is 10.1. The predicted octanol–water partition coefficient (Wildman–Crippen LogP) is 3.81. The largest absolute Gasteiger partial charge is 0.479 e. The molecule has 1 aliphatic heterocycles. The van der Waals surface area contributed by atoms with Crippen LogP contribution in [0.4, 0.5) is 14.5 Å². The summed E-state index contributed by atoms with van der Waals surface area (Å²) in [5.41, 5.74) is 4.44. The highest BCUT2D eigenvalue weighted by Gasteiger charge is 2.62. The van der Waals surface area contributed by atoms with E-state index in [1.54, 1.807) is 25.8 Å². The van der Waals surface area contributed by atoms with Crippen molar-refractivity contribution >= 4 is 35.3 Å². The number of thiol groups is 1. The monoisotopic (exact) mass is 519 g/mol. The van der Waals surface area contributed by atoms with Crippen LogP contribution >= 0.6 is 12.6 Å². The second kappa shape index (κ2) is 12.3. The fourth-order valence-electron chi connectivity index (χ4n) is 3.65. The first-order valence-electron chi connectivity index (χ1n) is 11.4. The molecule has 1 unspecified atom stereocenters. The molecule has 0 bridgehead atoms. The minimum absolute atomic E-state index is 0.275. The number of halogens is 2. The summed E-state index contributed by atoms with van der Waals surface area (Å²) in [4.78, 5) is 28.0. The van der Waals surface area contributed by atoms with E-state index in [0.717, 1.165) is 22.5 Å². The van der Waals surface area contributed by atoms with Crippen LogP contribution in [0.2, 0.25) is 0 Å². The lowest BCUT2D eigenvalue weighted by molar-refractivity contribution is -0.138. The van der Waals surface area contributed by atoms with Gasteiger partial charge in [-0.3, -0.25) is 9.78 Å². The van der Waals surface area contributed by atoms with Crippen molar-refractivity contribution < 1.29 is 23.0 Å². The molecule has 1 saturated heterocycles. The number of amides is 1. The second-order valence-corrected chi connectivity index (χ2v) is 8.34. The van der Waals surface area contributed by atoms with Gasteiger partial charge in [-0.15, -0.1) is 0 Å². The van der Waals surface area contributed by atoms with Gasteiger partial charge in [-0.1, -0.05) is 12.1 Å². The summed E-state index contributed by atoms with van der Waals surface area (Å²) in [6.45, 7) is 1.82. The molecule has 0 radical (unpaired) electrons. The number of pyridine rings is 1. The van der Waals surface area contributed by atoms with Crippen molar-refractivity contribution in [3.8, 4) is 17.1 Å². The number of hydrogen-bond donors (Lipinski definition) is 1. The van der Waals surface area contributed by atoms with E-state index in [9.17, 15) is 13.6 Å². The van der Waals surface area contributed by atoms with Crippen molar-refractivity contribution in [2.24, 2.45) is 5.92 Å². The van der Waals surface area contributed by atoms with Crippen molar-refractivity contribution in [2.45, 2.75) is 12.3 Å². The zero-order valence-corrected chi connectivity index (χ0v) is 21.7. The quantitative estimate of drug-likeness (QED) is 0.525. The van der Waals surface area contributed by atoms with Crippen LogP contribution in [-0.4, -0.2) is 85.4 Å². The summed E-state index contributed by atoms with van der Waals surface area (Å²) >= 11 is 3.53. The van der Waals surface area contributed by atoms with Gasteiger partial charge in [0, 0.05) is 57.3 Å². The zero-order valence-electron chi connectivity index (χ0n) is 20.8. The summed E-state index contributed by atoms with van der Waals surface area (Å²) in [6.07, 6.45) is 4.72. The highest BCUT2D eigenvalue weighted by molar-refractivity contribution is 7.79. The Kier molecular flexibility index (Phi) is 9.38. The van der Waals surface area contributed by atoms with Crippen molar-refractivity contribution in [1.29, 1.82) is 0 Å². The van der Waals surface area contributed by atoms with Crippen molar-refractivity contribution in [3.63, 3.8) is 0 Å². The molecule has 5 rings (SSSR count). The van der Waals surface area contributed by atoms with Crippen LogP contribution in [0, 0.1) is 5.92 Å². The average Bonchev–Trinajstić information content (AvgIpc) is 3.57. The number of carbonyl (C=O) groups is 1. The standard InChI is InChI=1S/C16H16N4O.C8H11F2NO2.CH4S/c1-20(2)12-6-4-11(5-7-12)13-10-14-15(16(19-13)21-3)18-9-8-17-14;9-8(10)5-6(8)7(12)11-1-3-13-4-2-11;1-2/h4-10H,1-3H3;6H,1-5H2;2H,1H3. The molecular formula is C25H31F2N5O3S. The molecule has 1 saturated carbocycles. The van der Waals surface area contributed by atoms with E-state index in [2.05, 4.69) is 44.6 Å². The smallest absolute Gasteiger partial charge is 0.260 e. The van der Waals surface area contributed by atoms with Gasteiger partial charge in [-0.2, -0.15) is 12.6 Å². The third-order valence-electron chi connectivity index (χ3n) is 5.74. The lowest BCUT2D eigenvalue weighted by Gasteiger charge is -2.26. The number of anilines is 1. The highest BCUT2D eigenvalue weighted by atomic mass is 32.1. The molecule has 2 aliphatic rings. The van der Waals surface area contributed by atoms with Gasteiger partial charge >= 0.3 is 0 Å². The third-order valence-corrected chi connectivity index (χ3v) is 5.74. The van der Waals surface area contributed by atoms with Crippen molar-refractivity contribution in [2.75, 3.05) is 58.7 Å². The number of benzene rings is 1. The first kappa shape index (κ1) is 27.5. The first-order valence-corrected chi connectivity index (χ1v) is 12.3. The fraction of sp³-hybridized carbons (Fsp3) is 0.440. The van der Waals surface area contributed by atoms with Crippen LogP contribution in [0.1, 0.15) is 6.42 Å². The van der Waals surface area contributed by atoms with Crippen LogP contribution in [0.3, 0.4) is 0 Å². The molecule has 194 valence electrons. The number of morpholine rings is 1. The maximum Gasteiger partial charge on any atom is 0.260 e. The predicted molar refractivity (Wildman–Crippen MR) is 139 cm³/mol. The van der Waals surface area contributed by atoms with E-state index >= 15 is 0 Å². The molecule has 3 aromatic rings. The topological polar surface area (TPSA) is 80.7 Å². The van der Waals surface area contributed by atoms with Crippen molar-refractivity contribution in [3.05, 3.63) is 42.7 Å². The first-order chi connectivity index (χ1) is 17.3. The number of nitrogens with zero attached hydrogens (tertiary/aromatic N) is 5. The number of rotatable bonds is 4. The number of carbonyl (C=O) groups excluding carboxylic acids is 1. The third kappa shape index (κ3) is 6.58. The Labute approximate surface area is 215 Å². The van der Waals surface area contributed by atoms with Crippen LogP contribution in [0.5, 0.6) is 5.88 Å². The number of ether oxygens (including phenoxy) is 2. The molecule has 0 spiro atoms. The Balaban J connectivity index is 0.000000206. The Morgan fingerprint density at radius 2 is 1.75 bits per heavy atom. The van der Waals surface area contributed by atoms with Crippen LogP contribution in [0.25, 0.3) is 22.3 Å². The summed E-state index contributed by atoms with van der Waals surface area (Å²) < 4.78 is 35.4. The molecule has 11 heteroatoms. The van der Waals surface area contributed by atoms with Gasteiger partial charge < -0.3 is 19.3 Å². The SMILES string of the molecule is COc1nc(-c2ccc(N(C)C)cc2)cc2nccnc12.CS.O=C(C1CC1(F)F)N1CCOCC1. The molecule has 3 heterocycles. The molecule has 1 amide bonds. The molecule has 8 nitrogen and oxygen atoms in total. The number of fused-ring (bicyclic) bond motifs is 1. The molecule has 36 heavy (non-hydrogen) atoms. The minimum Gasteiger partial charge on any atom is -0.479 e. The fourth-order valence-corrected chi connectivity index (χ4v) is 3.65. The van der Waals surface area contributed by atoms with E-state index in [-0.39, 0.29) is 6.42 Å². The van der Waals surface area contributed by atoms with E-state index in [0.29, 0.717) is 37.7 Å².